The van der Waals surface area contributed by atoms with Gasteiger partial charge >= 0.3 is 0 Å². The molecule has 0 aromatic heterocycles. The highest BCUT2D eigenvalue weighted by molar-refractivity contribution is 6.33. The maximum absolute atomic E-state index is 12.9. The average molecular weight is 287 g/mol. The number of hydrogen-bond acceptors (Lipinski definition) is 5. The molecule has 3 heterocycles. The molecule has 1 amide bonds. The summed E-state index contributed by atoms with van der Waals surface area (Å²) in [7, 11) is 0. The molecular weight excluding hydrogens is 270 g/mol. The van der Waals surface area contributed by atoms with E-state index in [9.17, 15) is 4.79 Å². The van der Waals surface area contributed by atoms with E-state index in [2.05, 4.69) is 5.32 Å². The summed E-state index contributed by atoms with van der Waals surface area (Å²) in [6.07, 6.45) is 0. The maximum Gasteiger partial charge on any atom is 0.261 e. The van der Waals surface area contributed by atoms with E-state index < -0.39 is 0 Å². The third-order valence-electron chi connectivity index (χ3n) is 4.10. The van der Waals surface area contributed by atoms with E-state index in [-0.39, 0.29) is 11.9 Å². The van der Waals surface area contributed by atoms with Crippen LogP contribution in [0.5, 0.6) is 0 Å². The Hall–Kier alpha value is -2.05. The zero-order chi connectivity index (χ0) is 14.4. The molecule has 1 aromatic carbocycles. The van der Waals surface area contributed by atoms with E-state index in [0.717, 1.165) is 23.5 Å². The van der Waals surface area contributed by atoms with Crippen molar-refractivity contribution in [3.8, 4) is 0 Å². The smallest absolute Gasteiger partial charge is 0.261 e. The first kappa shape index (κ1) is 12.7. The Kier molecular flexibility index (Phi) is 2.87. The fourth-order valence-electron chi connectivity index (χ4n) is 3.00. The Labute approximate surface area is 122 Å². The van der Waals surface area contributed by atoms with Gasteiger partial charge in [-0.3, -0.25) is 9.69 Å². The van der Waals surface area contributed by atoms with Gasteiger partial charge < -0.3 is 20.5 Å². The summed E-state index contributed by atoms with van der Waals surface area (Å²) in [5, 5.41) is 3.28. The Morgan fingerprint density at radius 2 is 2.14 bits per heavy atom. The summed E-state index contributed by atoms with van der Waals surface area (Å²) in [5.41, 5.74) is 9.90. The third kappa shape index (κ3) is 1.91. The summed E-state index contributed by atoms with van der Waals surface area (Å²) >= 11 is 0. The highest BCUT2D eigenvalue weighted by Gasteiger charge is 2.41. The van der Waals surface area contributed by atoms with Crippen LogP contribution in [-0.2, 0) is 14.3 Å². The van der Waals surface area contributed by atoms with Gasteiger partial charge in [-0.25, -0.2) is 0 Å². The van der Waals surface area contributed by atoms with E-state index in [0.29, 0.717) is 37.7 Å². The summed E-state index contributed by atoms with van der Waals surface area (Å²) in [6, 6.07) is 5.73. The molecule has 0 spiro atoms. The molecule has 6 heteroatoms. The molecule has 3 aliphatic heterocycles. The highest BCUT2D eigenvalue weighted by Crippen LogP contribution is 2.41. The summed E-state index contributed by atoms with van der Waals surface area (Å²) < 4.78 is 10.7. The Morgan fingerprint density at radius 1 is 1.29 bits per heavy atom. The number of amides is 1. The van der Waals surface area contributed by atoms with E-state index >= 15 is 0 Å². The van der Waals surface area contributed by atoms with Crippen LogP contribution in [0.25, 0.3) is 5.57 Å². The quantitative estimate of drug-likeness (QED) is 0.575. The molecule has 0 bridgehead atoms. The molecule has 3 aliphatic rings. The van der Waals surface area contributed by atoms with E-state index in [4.69, 9.17) is 15.2 Å². The molecule has 0 radical (unpaired) electrons. The van der Waals surface area contributed by atoms with Gasteiger partial charge in [0.05, 0.1) is 49.4 Å². The van der Waals surface area contributed by atoms with Crippen molar-refractivity contribution in [2.75, 3.05) is 43.6 Å². The first-order chi connectivity index (χ1) is 10.3. The van der Waals surface area contributed by atoms with Crippen molar-refractivity contribution in [3.05, 3.63) is 29.5 Å². The van der Waals surface area contributed by atoms with Crippen LogP contribution in [0.2, 0.25) is 0 Å². The standard InChI is InChI=1S/C15H17N3O3/c16-9-1-2-13-11(5-9)14(12-8-20-4-3-17-12)15(19)18(13)10-6-21-7-10/h1-2,5,10,17H,3-4,6-8,16H2/b14-12-. The first-order valence-corrected chi connectivity index (χ1v) is 7.11. The number of ether oxygens (including phenoxy) is 2. The molecule has 2 fully saturated rings. The second kappa shape index (κ2) is 4.75. The van der Waals surface area contributed by atoms with Crippen LogP contribution in [-0.4, -0.2) is 44.9 Å². The number of nitrogen functional groups attached to an aromatic ring is 1. The molecule has 110 valence electrons. The van der Waals surface area contributed by atoms with Crippen LogP contribution in [0.4, 0.5) is 11.4 Å². The molecule has 4 rings (SSSR count). The van der Waals surface area contributed by atoms with Gasteiger partial charge in [0.25, 0.3) is 5.91 Å². The molecule has 0 atom stereocenters. The fourth-order valence-corrected chi connectivity index (χ4v) is 3.00. The molecular formula is C15H17N3O3. The van der Waals surface area contributed by atoms with Gasteiger partial charge in [0.1, 0.15) is 0 Å². The van der Waals surface area contributed by atoms with Crippen molar-refractivity contribution in [2.24, 2.45) is 0 Å². The number of nitrogens with one attached hydrogen (secondary N) is 1. The topological polar surface area (TPSA) is 76.8 Å². The number of nitrogens with zero attached hydrogens (tertiary/aromatic N) is 1. The van der Waals surface area contributed by atoms with Gasteiger partial charge in [-0.1, -0.05) is 0 Å². The van der Waals surface area contributed by atoms with Crippen molar-refractivity contribution in [1.29, 1.82) is 0 Å². The van der Waals surface area contributed by atoms with Crippen LogP contribution in [0.3, 0.4) is 0 Å². The van der Waals surface area contributed by atoms with Crippen LogP contribution >= 0.6 is 0 Å². The first-order valence-electron chi connectivity index (χ1n) is 7.11. The lowest BCUT2D eigenvalue weighted by atomic mass is 10.0. The molecule has 0 saturated carbocycles. The van der Waals surface area contributed by atoms with E-state index in [1.165, 1.54) is 0 Å². The summed E-state index contributed by atoms with van der Waals surface area (Å²) in [4.78, 5) is 14.7. The highest BCUT2D eigenvalue weighted by atomic mass is 16.5. The number of nitrogens with two attached hydrogens (primary N) is 1. The summed E-state index contributed by atoms with van der Waals surface area (Å²) in [5.74, 6) is 0.0110. The molecule has 1 aromatic rings. The van der Waals surface area contributed by atoms with Gasteiger partial charge in [0.2, 0.25) is 0 Å². The minimum absolute atomic E-state index is 0.0110. The normalized spacial score (nSPS) is 25.5. The number of anilines is 2. The Balaban J connectivity index is 1.85. The van der Waals surface area contributed by atoms with Gasteiger partial charge in [-0.15, -0.1) is 0 Å². The van der Waals surface area contributed by atoms with Crippen molar-refractivity contribution in [1.82, 2.24) is 5.32 Å². The van der Waals surface area contributed by atoms with Crippen molar-refractivity contribution in [2.45, 2.75) is 6.04 Å². The monoisotopic (exact) mass is 287 g/mol. The molecule has 21 heavy (non-hydrogen) atoms. The lowest BCUT2D eigenvalue weighted by Crippen LogP contribution is -2.50. The van der Waals surface area contributed by atoms with Crippen molar-refractivity contribution >= 4 is 22.9 Å². The third-order valence-corrected chi connectivity index (χ3v) is 4.10. The molecule has 6 nitrogen and oxygen atoms in total. The predicted molar refractivity (Wildman–Crippen MR) is 78.7 cm³/mol. The van der Waals surface area contributed by atoms with Gasteiger partial charge in [-0.2, -0.15) is 0 Å². The minimum atomic E-state index is 0.0110. The van der Waals surface area contributed by atoms with Crippen LogP contribution in [0.1, 0.15) is 5.56 Å². The van der Waals surface area contributed by atoms with Crippen molar-refractivity contribution < 1.29 is 14.3 Å². The number of fused-ring (bicyclic) bond motifs is 1. The number of rotatable bonds is 1. The number of benzene rings is 1. The number of carbonyl (C=O) groups is 1. The average Bonchev–Trinajstić information content (AvgIpc) is 2.71. The van der Waals surface area contributed by atoms with E-state index in [1.807, 2.05) is 23.1 Å². The molecule has 0 unspecified atom stereocenters. The zero-order valence-electron chi connectivity index (χ0n) is 11.6. The number of hydrogen-bond donors (Lipinski definition) is 2. The van der Waals surface area contributed by atoms with Crippen molar-refractivity contribution in [3.63, 3.8) is 0 Å². The Bertz CT molecular complexity index is 629. The molecule has 2 saturated heterocycles. The number of morpholine rings is 1. The lowest BCUT2D eigenvalue weighted by molar-refractivity contribution is -0.115. The predicted octanol–water partition coefficient (Wildman–Crippen LogP) is 0.345. The lowest BCUT2D eigenvalue weighted by Gasteiger charge is -2.34. The zero-order valence-corrected chi connectivity index (χ0v) is 11.6. The van der Waals surface area contributed by atoms with E-state index in [1.54, 1.807) is 0 Å². The second-order valence-electron chi connectivity index (χ2n) is 5.48. The Morgan fingerprint density at radius 3 is 2.81 bits per heavy atom. The maximum atomic E-state index is 12.9. The van der Waals surface area contributed by atoms with Crippen LogP contribution < -0.4 is 16.0 Å². The van der Waals surface area contributed by atoms with Crippen LogP contribution in [0, 0.1) is 0 Å². The largest absolute Gasteiger partial charge is 0.399 e. The minimum Gasteiger partial charge on any atom is -0.399 e. The van der Waals surface area contributed by atoms with Crippen LogP contribution in [0.15, 0.2) is 23.9 Å². The van der Waals surface area contributed by atoms with Gasteiger partial charge in [0, 0.05) is 17.8 Å². The van der Waals surface area contributed by atoms with Gasteiger partial charge in [0.15, 0.2) is 0 Å². The fraction of sp³-hybridized carbons (Fsp3) is 0.400. The summed E-state index contributed by atoms with van der Waals surface area (Å²) in [6.45, 7) is 2.99. The molecule has 3 N–H and O–H groups in total. The second-order valence-corrected chi connectivity index (χ2v) is 5.48. The van der Waals surface area contributed by atoms with Gasteiger partial charge in [-0.05, 0) is 18.2 Å². The SMILES string of the molecule is Nc1ccc2c(c1)/C(=C1\COCCN1)C(=O)N2C1COC1. The number of carbonyl (C=O) groups excluding carboxylic acids is 1. The molecule has 0 aliphatic carbocycles.